The number of nitrogens with one attached hydrogen (secondary N) is 1. The Kier molecular flexibility index (Phi) is 4.76. The van der Waals surface area contributed by atoms with Crippen LogP contribution in [0.25, 0.3) is 11.0 Å². The van der Waals surface area contributed by atoms with Gasteiger partial charge >= 0.3 is 5.97 Å². The van der Waals surface area contributed by atoms with Crippen LogP contribution in [-0.4, -0.2) is 51.1 Å². The molecule has 1 spiro atoms. The van der Waals surface area contributed by atoms with E-state index in [-0.39, 0.29) is 18.1 Å². The second-order valence-electron chi connectivity index (χ2n) is 7.26. The van der Waals surface area contributed by atoms with Crippen molar-refractivity contribution < 1.29 is 14.3 Å². The van der Waals surface area contributed by atoms with Crippen molar-refractivity contribution in [2.24, 2.45) is 0 Å². The van der Waals surface area contributed by atoms with Gasteiger partial charge in [0, 0.05) is 12.6 Å². The summed E-state index contributed by atoms with van der Waals surface area (Å²) in [6, 6.07) is 0.323. The Morgan fingerprint density at radius 3 is 3.04 bits per heavy atom. The molecule has 2 aromatic rings. The minimum Gasteiger partial charge on any atom is -0.468 e. The molecule has 3 heterocycles. The number of hydrogen-bond donors (Lipinski definition) is 1. The first-order chi connectivity index (χ1) is 12.7. The highest BCUT2D eigenvalue weighted by Crippen LogP contribution is 2.39. The molecule has 0 aromatic carbocycles. The van der Waals surface area contributed by atoms with E-state index >= 15 is 0 Å². The maximum absolute atomic E-state index is 11.5. The van der Waals surface area contributed by atoms with E-state index in [9.17, 15) is 4.79 Å². The van der Waals surface area contributed by atoms with E-state index < -0.39 is 0 Å². The van der Waals surface area contributed by atoms with E-state index in [0.717, 1.165) is 43.5 Å². The summed E-state index contributed by atoms with van der Waals surface area (Å²) < 4.78 is 12.4. The Labute approximate surface area is 152 Å². The van der Waals surface area contributed by atoms with Crippen LogP contribution in [0.2, 0.25) is 0 Å². The number of rotatable bonds is 4. The Morgan fingerprint density at radius 1 is 1.38 bits per heavy atom. The molecule has 2 aliphatic rings. The van der Waals surface area contributed by atoms with Crippen molar-refractivity contribution in [3.63, 3.8) is 0 Å². The molecule has 4 rings (SSSR count). The van der Waals surface area contributed by atoms with Crippen molar-refractivity contribution in [3.8, 4) is 0 Å². The Morgan fingerprint density at radius 2 is 2.23 bits per heavy atom. The lowest BCUT2D eigenvalue weighted by atomic mass is 9.78. The van der Waals surface area contributed by atoms with Crippen molar-refractivity contribution in [1.82, 2.24) is 19.7 Å². The quantitative estimate of drug-likeness (QED) is 0.838. The molecule has 0 radical (unpaired) electrons. The highest BCUT2D eigenvalue weighted by atomic mass is 16.5. The third kappa shape index (κ3) is 3.38. The standard InChI is InChI=1S/C18H25N5O3/c1-25-15(24)11-23-17-14(10-21-23)16(19-12-20-17)22-13-5-8-26-18(9-13)6-3-2-4-7-18/h10,12-13H,2-9,11H2,1H3,(H,19,20,22). The second-order valence-corrected chi connectivity index (χ2v) is 7.26. The molecular formula is C18H25N5O3. The molecule has 26 heavy (non-hydrogen) atoms. The predicted molar refractivity (Wildman–Crippen MR) is 95.8 cm³/mol. The molecule has 0 bridgehead atoms. The fraction of sp³-hybridized carbons (Fsp3) is 0.667. The van der Waals surface area contributed by atoms with Gasteiger partial charge in [0.05, 0.1) is 24.3 Å². The smallest absolute Gasteiger partial charge is 0.327 e. The summed E-state index contributed by atoms with van der Waals surface area (Å²) in [6.07, 6.45) is 11.3. The molecule has 8 nitrogen and oxygen atoms in total. The van der Waals surface area contributed by atoms with Gasteiger partial charge in [0.25, 0.3) is 0 Å². The first kappa shape index (κ1) is 17.2. The number of anilines is 1. The number of aromatic nitrogens is 4. The zero-order valence-electron chi connectivity index (χ0n) is 15.1. The summed E-state index contributed by atoms with van der Waals surface area (Å²) in [5, 5.41) is 8.66. The zero-order chi connectivity index (χ0) is 18.0. The van der Waals surface area contributed by atoms with Gasteiger partial charge in [-0.2, -0.15) is 5.10 Å². The van der Waals surface area contributed by atoms with Crippen molar-refractivity contribution in [1.29, 1.82) is 0 Å². The van der Waals surface area contributed by atoms with Gasteiger partial charge in [0.15, 0.2) is 5.65 Å². The van der Waals surface area contributed by atoms with Crippen LogP contribution in [0.15, 0.2) is 12.5 Å². The van der Waals surface area contributed by atoms with Gasteiger partial charge in [-0.1, -0.05) is 19.3 Å². The Balaban J connectivity index is 1.52. The van der Waals surface area contributed by atoms with Crippen molar-refractivity contribution in [3.05, 3.63) is 12.5 Å². The summed E-state index contributed by atoms with van der Waals surface area (Å²) in [6.45, 7) is 0.824. The summed E-state index contributed by atoms with van der Waals surface area (Å²) in [7, 11) is 1.36. The van der Waals surface area contributed by atoms with Crippen LogP contribution in [0.5, 0.6) is 0 Å². The minimum atomic E-state index is -0.355. The Bertz CT molecular complexity index is 779. The van der Waals surface area contributed by atoms with E-state index in [1.54, 1.807) is 10.9 Å². The van der Waals surface area contributed by atoms with E-state index in [0.29, 0.717) is 11.7 Å². The van der Waals surface area contributed by atoms with Crippen LogP contribution in [0.4, 0.5) is 5.82 Å². The number of nitrogens with zero attached hydrogens (tertiary/aromatic N) is 4. The van der Waals surface area contributed by atoms with Crippen LogP contribution in [0, 0.1) is 0 Å². The molecule has 1 saturated heterocycles. The van der Waals surface area contributed by atoms with Crippen LogP contribution < -0.4 is 5.32 Å². The first-order valence-electron chi connectivity index (χ1n) is 9.33. The van der Waals surface area contributed by atoms with Gasteiger partial charge in [0.1, 0.15) is 18.7 Å². The number of carbonyl (C=O) groups is 1. The average molecular weight is 359 g/mol. The first-order valence-corrected chi connectivity index (χ1v) is 9.33. The molecule has 0 amide bonds. The lowest BCUT2D eigenvalue weighted by molar-refractivity contribution is -0.141. The Hall–Kier alpha value is -2.22. The molecule has 1 saturated carbocycles. The number of hydrogen-bond acceptors (Lipinski definition) is 7. The molecule has 140 valence electrons. The average Bonchev–Trinajstić information content (AvgIpc) is 3.06. The maximum atomic E-state index is 11.5. The second kappa shape index (κ2) is 7.19. The van der Waals surface area contributed by atoms with Gasteiger partial charge in [-0.25, -0.2) is 14.6 Å². The van der Waals surface area contributed by atoms with E-state index in [4.69, 9.17) is 9.47 Å². The molecule has 1 aliphatic heterocycles. The number of methoxy groups -OCH3 is 1. The highest BCUT2D eigenvalue weighted by molar-refractivity contribution is 5.87. The SMILES string of the molecule is COC(=O)Cn1ncc2c(NC3CCOC4(CCCCC4)C3)ncnc21. The fourth-order valence-electron chi connectivity index (χ4n) is 4.20. The van der Waals surface area contributed by atoms with E-state index in [2.05, 4.69) is 20.4 Å². The van der Waals surface area contributed by atoms with Crippen LogP contribution >= 0.6 is 0 Å². The van der Waals surface area contributed by atoms with Crippen LogP contribution in [0.1, 0.15) is 44.9 Å². The molecular weight excluding hydrogens is 334 g/mol. The predicted octanol–water partition coefficient (Wildman–Crippen LogP) is 2.29. The van der Waals surface area contributed by atoms with Gasteiger partial charge in [-0.3, -0.25) is 4.79 Å². The number of carbonyl (C=O) groups excluding carboxylic acids is 1. The minimum absolute atomic E-state index is 0.0371. The van der Waals surface area contributed by atoms with E-state index in [1.165, 1.54) is 32.7 Å². The van der Waals surface area contributed by atoms with Crippen LogP contribution in [-0.2, 0) is 20.8 Å². The largest absolute Gasteiger partial charge is 0.468 e. The normalized spacial score (nSPS) is 22.4. The maximum Gasteiger partial charge on any atom is 0.327 e. The van der Waals surface area contributed by atoms with Gasteiger partial charge in [-0.05, 0) is 25.7 Å². The summed E-state index contributed by atoms with van der Waals surface area (Å²) in [4.78, 5) is 20.2. The molecule has 1 atom stereocenters. The lowest BCUT2D eigenvalue weighted by Gasteiger charge is -2.43. The molecule has 2 aromatic heterocycles. The molecule has 8 heteroatoms. The van der Waals surface area contributed by atoms with Crippen LogP contribution in [0.3, 0.4) is 0 Å². The van der Waals surface area contributed by atoms with Gasteiger partial charge in [0.2, 0.25) is 0 Å². The third-order valence-electron chi connectivity index (χ3n) is 5.54. The third-order valence-corrected chi connectivity index (χ3v) is 5.54. The van der Waals surface area contributed by atoms with Crippen molar-refractivity contribution in [2.75, 3.05) is 19.0 Å². The van der Waals surface area contributed by atoms with Crippen molar-refractivity contribution >= 4 is 22.8 Å². The monoisotopic (exact) mass is 359 g/mol. The molecule has 1 N–H and O–H groups in total. The number of esters is 1. The highest BCUT2D eigenvalue weighted by Gasteiger charge is 2.38. The molecule has 2 fully saturated rings. The number of ether oxygens (including phenoxy) is 2. The molecule has 1 aliphatic carbocycles. The summed E-state index contributed by atoms with van der Waals surface area (Å²) in [5.41, 5.74) is 0.669. The topological polar surface area (TPSA) is 91.2 Å². The fourth-order valence-corrected chi connectivity index (χ4v) is 4.20. The van der Waals surface area contributed by atoms with Gasteiger partial charge < -0.3 is 14.8 Å². The summed E-state index contributed by atoms with van der Waals surface area (Å²) in [5.74, 6) is 0.413. The van der Waals surface area contributed by atoms with Gasteiger partial charge in [-0.15, -0.1) is 0 Å². The summed E-state index contributed by atoms with van der Waals surface area (Å²) >= 11 is 0. The lowest BCUT2D eigenvalue weighted by Crippen LogP contribution is -2.45. The molecule has 1 unspecified atom stereocenters. The zero-order valence-corrected chi connectivity index (χ0v) is 15.1. The number of fused-ring (bicyclic) bond motifs is 1. The van der Waals surface area contributed by atoms with E-state index in [1.807, 2.05) is 0 Å². The van der Waals surface area contributed by atoms with Crippen molar-refractivity contribution in [2.45, 2.75) is 63.1 Å².